The molecule has 22 heavy (non-hydrogen) atoms. The first-order valence-electron chi connectivity index (χ1n) is 7.48. The first-order chi connectivity index (χ1) is 10.5. The zero-order chi connectivity index (χ0) is 15.9. The highest BCUT2D eigenvalue weighted by atomic mass is 79.9. The molecule has 122 valence electrons. The molecule has 3 fully saturated rings. The fourth-order valence-corrected chi connectivity index (χ4v) is 4.60. The number of imide groups is 1. The standard InChI is InChI=1S/C14H18Br2N2O4/c15-10-5-8-9(6-11(10)16)14(21)18(13(8)20)7-12(19)17-1-3-22-4-2-17/h8-11H,1-7H2/t8-,9-,10+,11+/m1/s1. The number of halogens is 2. The molecule has 0 aromatic carbocycles. The van der Waals surface area contributed by atoms with Gasteiger partial charge in [-0.15, -0.1) is 0 Å². The summed E-state index contributed by atoms with van der Waals surface area (Å²) in [4.78, 5) is 40.5. The summed E-state index contributed by atoms with van der Waals surface area (Å²) in [6, 6.07) is 0. The second kappa shape index (κ2) is 6.57. The summed E-state index contributed by atoms with van der Waals surface area (Å²) in [6.07, 6.45) is 1.26. The molecular formula is C14H18Br2N2O4. The molecule has 0 aromatic rings. The molecule has 2 saturated heterocycles. The number of alkyl halides is 2. The van der Waals surface area contributed by atoms with Gasteiger partial charge in [0.05, 0.1) is 25.0 Å². The van der Waals surface area contributed by atoms with Crippen molar-refractivity contribution >= 4 is 49.6 Å². The van der Waals surface area contributed by atoms with E-state index in [1.54, 1.807) is 4.90 Å². The Morgan fingerprint density at radius 3 is 2.05 bits per heavy atom. The van der Waals surface area contributed by atoms with Crippen LogP contribution in [0.3, 0.4) is 0 Å². The monoisotopic (exact) mass is 436 g/mol. The van der Waals surface area contributed by atoms with Crippen molar-refractivity contribution in [1.82, 2.24) is 9.80 Å². The van der Waals surface area contributed by atoms with E-state index in [9.17, 15) is 14.4 Å². The van der Waals surface area contributed by atoms with E-state index >= 15 is 0 Å². The van der Waals surface area contributed by atoms with Crippen molar-refractivity contribution in [1.29, 1.82) is 0 Å². The Balaban J connectivity index is 1.68. The Morgan fingerprint density at radius 2 is 1.55 bits per heavy atom. The minimum Gasteiger partial charge on any atom is -0.378 e. The highest BCUT2D eigenvalue weighted by Gasteiger charge is 2.52. The summed E-state index contributed by atoms with van der Waals surface area (Å²) < 4.78 is 5.21. The van der Waals surface area contributed by atoms with E-state index in [1.165, 1.54) is 0 Å². The first-order valence-corrected chi connectivity index (χ1v) is 9.31. The first kappa shape index (κ1) is 16.4. The molecule has 0 N–H and O–H groups in total. The maximum absolute atomic E-state index is 12.5. The highest BCUT2D eigenvalue weighted by Crippen LogP contribution is 2.43. The lowest BCUT2D eigenvalue weighted by Crippen LogP contribution is -2.47. The van der Waals surface area contributed by atoms with Crippen LogP contribution in [0.15, 0.2) is 0 Å². The Hall–Kier alpha value is -0.470. The van der Waals surface area contributed by atoms with E-state index in [1.807, 2.05) is 0 Å². The van der Waals surface area contributed by atoms with Crippen LogP contribution in [0.1, 0.15) is 12.8 Å². The van der Waals surface area contributed by atoms with Crippen molar-refractivity contribution in [3.8, 4) is 0 Å². The molecule has 4 atom stereocenters. The van der Waals surface area contributed by atoms with Gasteiger partial charge in [0.25, 0.3) is 0 Å². The number of carbonyl (C=O) groups is 3. The van der Waals surface area contributed by atoms with E-state index in [2.05, 4.69) is 31.9 Å². The molecule has 8 heteroatoms. The Labute approximate surface area is 145 Å². The van der Waals surface area contributed by atoms with Crippen LogP contribution in [0, 0.1) is 11.8 Å². The molecule has 1 aliphatic carbocycles. The molecule has 6 nitrogen and oxygen atoms in total. The molecule has 0 unspecified atom stereocenters. The lowest BCUT2D eigenvalue weighted by Gasteiger charge is -2.29. The Morgan fingerprint density at radius 1 is 1.05 bits per heavy atom. The third-order valence-corrected chi connectivity index (χ3v) is 7.39. The Bertz CT molecular complexity index is 467. The van der Waals surface area contributed by atoms with Crippen molar-refractivity contribution in [2.45, 2.75) is 22.5 Å². The van der Waals surface area contributed by atoms with Gasteiger partial charge in [0.1, 0.15) is 6.54 Å². The molecule has 1 saturated carbocycles. The van der Waals surface area contributed by atoms with Crippen LogP contribution in [-0.4, -0.2) is 70.0 Å². The van der Waals surface area contributed by atoms with E-state index in [-0.39, 0.29) is 45.8 Å². The van der Waals surface area contributed by atoms with E-state index in [0.29, 0.717) is 39.1 Å². The van der Waals surface area contributed by atoms with Crippen LogP contribution >= 0.6 is 31.9 Å². The number of morpholine rings is 1. The molecule has 0 spiro atoms. The molecular weight excluding hydrogens is 420 g/mol. The molecule has 3 rings (SSSR count). The van der Waals surface area contributed by atoms with Gasteiger partial charge in [0.2, 0.25) is 17.7 Å². The second-order valence-corrected chi connectivity index (χ2v) is 8.32. The van der Waals surface area contributed by atoms with Crippen molar-refractivity contribution < 1.29 is 19.1 Å². The van der Waals surface area contributed by atoms with Crippen LogP contribution in [-0.2, 0) is 19.1 Å². The largest absolute Gasteiger partial charge is 0.378 e. The van der Waals surface area contributed by atoms with Gasteiger partial charge in [0, 0.05) is 22.7 Å². The molecule has 3 aliphatic rings. The van der Waals surface area contributed by atoms with E-state index in [0.717, 1.165) is 4.90 Å². The van der Waals surface area contributed by atoms with Crippen molar-refractivity contribution in [2.75, 3.05) is 32.8 Å². The fraction of sp³-hybridized carbons (Fsp3) is 0.786. The summed E-state index contributed by atoms with van der Waals surface area (Å²) in [7, 11) is 0. The molecule has 0 bridgehead atoms. The molecule has 0 radical (unpaired) electrons. The van der Waals surface area contributed by atoms with Gasteiger partial charge in [0.15, 0.2) is 0 Å². The number of hydrogen-bond donors (Lipinski definition) is 0. The number of hydrogen-bond acceptors (Lipinski definition) is 4. The topological polar surface area (TPSA) is 66.9 Å². The summed E-state index contributed by atoms with van der Waals surface area (Å²) in [5, 5.41) is 0. The van der Waals surface area contributed by atoms with Gasteiger partial charge >= 0.3 is 0 Å². The normalized spacial score (nSPS) is 35.7. The van der Waals surface area contributed by atoms with Crippen LogP contribution in [0.5, 0.6) is 0 Å². The van der Waals surface area contributed by atoms with Crippen LogP contribution < -0.4 is 0 Å². The molecule has 0 aromatic heterocycles. The predicted molar refractivity (Wildman–Crippen MR) is 85.8 cm³/mol. The zero-order valence-electron chi connectivity index (χ0n) is 12.0. The fourth-order valence-electron chi connectivity index (χ4n) is 3.37. The van der Waals surface area contributed by atoms with Gasteiger partial charge < -0.3 is 9.64 Å². The van der Waals surface area contributed by atoms with Gasteiger partial charge in [-0.1, -0.05) is 31.9 Å². The average Bonchev–Trinajstić information content (AvgIpc) is 2.74. The number of amides is 3. The maximum Gasteiger partial charge on any atom is 0.242 e. The maximum atomic E-state index is 12.5. The van der Waals surface area contributed by atoms with Gasteiger partial charge in [-0.05, 0) is 12.8 Å². The Kier molecular flexibility index (Phi) is 4.89. The third kappa shape index (κ3) is 2.97. The van der Waals surface area contributed by atoms with Crippen LogP contribution in [0.2, 0.25) is 0 Å². The lowest BCUT2D eigenvalue weighted by atomic mass is 9.81. The van der Waals surface area contributed by atoms with Gasteiger partial charge in [-0.25, -0.2) is 0 Å². The van der Waals surface area contributed by atoms with Gasteiger partial charge in [-0.2, -0.15) is 0 Å². The SMILES string of the molecule is O=C(CN1C(=O)[C@@H]2C[C@H](Br)[C@@H](Br)C[C@H]2C1=O)N1CCOCC1. The van der Waals surface area contributed by atoms with E-state index in [4.69, 9.17) is 4.74 Å². The molecule has 2 aliphatic heterocycles. The number of fused-ring (bicyclic) bond motifs is 1. The minimum atomic E-state index is -0.289. The quantitative estimate of drug-likeness (QED) is 0.472. The smallest absolute Gasteiger partial charge is 0.242 e. The van der Waals surface area contributed by atoms with E-state index < -0.39 is 0 Å². The minimum absolute atomic E-state index is 0.134. The zero-order valence-corrected chi connectivity index (χ0v) is 15.2. The van der Waals surface area contributed by atoms with Crippen LogP contribution in [0.25, 0.3) is 0 Å². The highest BCUT2D eigenvalue weighted by molar-refractivity contribution is 9.12. The van der Waals surface area contributed by atoms with Crippen molar-refractivity contribution in [3.63, 3.8) is 0 Å². The molecule has 3 amide bonds. The van der Waals surface area contributed by atoms with Crippen molar-refractivity contribution in [2.24, 2.45) is 11.8 Å². The summed E-state index contributed by atoms with van der Waals surface area (Å²) in [6.45, 7) is 1.93. The summed E-state index contributed by atoms with van der Waals surface area (Å²) >= 11 is 7.11. The summed E-state index contributed by atoms with van der Waals surface area (Å²) in [5.41, 5.74) is 0. The second-order valence-electron chi connectivity index (χ2n) is 5.97. The van der Waals surface area contributed by atoms with Gasteiger partial charge in [-0.3, -0.25) is 19.3 Å². The van der Waals surface area contributed by atoms with Crippen molar-refractivity contribution in [3.05, 3.63) is 0 Å². The number of ether oxygens (including phenoxy) is 1. The lowest BCUT2D eigenvalue weighted by molar-refractivity contribution is -0.148. The molecule has 2 heterocycles. The number of carbonyl (C=O) groups excluding carboxylic acids is 3. The predicted octanol–water partition coefficient (Wildman–Crippen LogP) is 0.767. The van der Waals surface area contributed by atoms with Crippen LogP contribution in [0.4, 0.5) is 0 Å². The average molecular weight is 438 g/mol. The summed E-state index contributed by atoms with van der Waals surface area (Å²) in [5.74, 6) is -1.14. The number of nitrogens with zero attached hydrogens (tertiary/aromatic N) is 2. The number of rotatable bonds is 2. The number of likely N-dealkylation sites (tertiary alicyclic amines) is 1. The third-order valence-electron chi connectivity index (χ3n) is 4.66.